The van der Waals surface area contributed by atoms with Gasteiger partial charge in [-0.3, -0.25) is 4.79 Å². The van der Waals surface area contributed by atoms with E-state index in [1.807, 2.05) is 0 Å². The number of methoxy groups -OCH3 is 1. The number of hydrogen-bond acceptors (Lipinski definition) is 3. The summed E-state index contributed by atoms with van der Waals surface area (Å²) >= 11 is 2.30. The second-order valence-electron chi connectivity index (χ2n) is 3.54. The Balaban J connectivity index is 2.57. The zero-order valence-corrected chi connectivity index (χ0v) is 11.9. The Labute approximate surface area is 115 Å². The number of nitrogens with one attached hydrogen (secondary N) is 1. The molecule has 4 nitrogen and oxygen atoms in total. The number of unbranched alkanes of at least 4 members (excludes halogenated alkanes) is 1. The van der Waals surface area contributed by atoms with Crippen LogP contribution < -0.4 is 10.1 Å². The molecular formula is C12H16INO3. The molecule has 0 bridgehead atoms. The maximum atomic E-state index is 11.7. The highest BCUT2D eigenvalue weighted by Crippen LogP contribution is 2.23. The Morgan fingerprint density at radius 1 is 1.47 bits per heavy atom. The maximum absolute atomic E-state index is 11.7. The molecule has 5 heteroatoms. The number of hydrogen-bond donors (Lipinski definition) is 2. The van der Waals surface area contributed by atoms with Crippen LogP contribution in [0.4, 0.5) is 0 Å². The highest BCUT2D eigenvalue weighted by atomic mass is 127. The predicted octanol–water partition coefficient (Wildman–Crippen LogP) is 2.35. The number of halogens is 1. The second-order valence-corrected chi connectivity index (χ2v) is 4.61. The summed E-state index contributed by atoms with van der Waals surface area (Å²) in [5, 5.41) is 12.4. The Kier molecular flexibility index (Phi) is 6.10. The van der Waals surface area contributed by atoms with E-state index >= 15 is 0 Å². The van der Waals surface area contributed by atoms with Crippen LogP contribution in [0.1, 0.15) is 23.2 Å². The van der Waals surface area contributed by atoms with Crippen LogP contribution >= 0.6 is 22.6 Å². The summed E-state index contributed by atoms with van der Waals surface area (Å²) in [5.41, 5.74) is 0.278. The van der Waals surface area contributed by atoms with Crippen molar-refractivity contribution in [1.29, 1.82) is 0 Å². The van der Waals surface area contributed by atoms with Crippen molar-refractivity contribution in [3.05, 3.63) is 23.8 Å². The number of benzene rings is 1. The van der Waals surface area contributed by atoms with Crippen LogP contribution in [-0.4, -0.2) is 29.1 Å². The predicted molar refractivity (Wildman–Crippen MR) is 75.1 cm³/mol. The Bertz CT molecular complexity index is 382. The van der Waals surface area contributed by atoms with Gasteiger partial charge < -0.3 is 15.2 Å². The molecule has 1 aromatic carbocycles. The van der Waals surface area contributed by atoms with E-state index in [1.54, 1.807) is 12.1 Å². The first kappa shape index (κ1) is 14.1. The van der Waals surface area contributed by atoms with E-state index in [9.17, 15) is 9.90 Å². The minimum atomic E-state index is -0.251. The van der Waals surface area contributed by atoms with Crippen molar-refractivity contribution in [2.75, 3.05) is 18.1 Å². The first-order valence-corrected chi connectivity index (χ1v) is 6.92. The molecule has 0 aliphatic carbocycles. The number of phenols is 1. The number of phenolic OH excluding ortho intramolecular Hbond substituents is 1. The topological polar surface area (TPSA) is 58.6 Å². The average Bonchev–Trinajstić information content (AvgIpc) is 2.34. The van der Waals surface area contributed by atoms with Crippen molar-refractivity contribution in [1.82, 2.24) is 5.32 Å². The molecule has 0 heterocycles. The first-order chi connectivity index (χ1) is 8.19. The summed E-state index contributed by atoms with van der Waals surface area (Å²) in [6, 6.07) is 4.64. The first-order valence-electron chi connectivity index (χ1n) is 5.40. The molecular weight excluding hydrogens is 333 g/mol. The lowest BCUT2D eigenvalue weighted by molar-refractivity contribution is 0.0950. The molecule has 0 unspecified atom stereocenters. The maximum Gasteiger partial charge on any atom is 0.255 e. The van der Waals surface area contributed by atoms with Crippen molar-refractivity contribution >= 4 is 28.5 Å². The number of carbonyl (C=O) groups is 1. The van der Waals surface area contributed by atoms with Crippen LogP contribution in [0.15, 0.2) is 18.2 Å². The zero-order chi connectivity index (χ0) is 12.7. The van der Waals surface area contributed by atoms with Crippen molar-refractivity contribution in [2.45, 2.75) is 12.8 Å². The molecule has 17 heavy (non-hydrogen) atoms. The van der Waals surface area contributed by atoms with Gasteiger partial charge in [0.05, 0.1) is 12.7 Å². The van der Waals surface area contributed by atoms with Crippen molar-refractivity contribution < 1.29 is 14.6 Å². The lowest BCUT2D eigenvalue weighted by atomic mass is 10.1. The molecule has 2 N–H and O–H groups in total. The lowest BCUT2D eigenvalue weighted by Crippen LogP contribution is -2.24. The molecule has 0 fully saturated rings. The third-order valence-corrected chi connectivity index (χ3v) is 3.06. The normalized spacial score (nSPS) is 10.0. The Morgan fingerprint density at radius 2 is 2.24 bits per heavy atom. The van der Waals surface area contributed by atoms with Crippen LogP contribution in [-0.2, 0) is 0 Å². The van der Waals surface area contributed by atoms with Crippen molar-refractivity contribution in [3.63, 3.8) is 0 Å². The minimum Gasteiger partial charge on any atom is -0.507 e. The Morgan fingerprint density at radius 3 is 2.82 bits per heavy atom. The molecule has 1 amide bonds. The quantitative estimate of drug-likeness (QED) is 0.471. The molecule has 0 aliphatic rings. The molecule has 0 spiro atoms. The van der Waals surface area contributed by atoms with Crippen molar-refractivity contribution in [3.8, 4) is 11.5 Å². The van der Waals surface area contributed by atoms with Gasteiger partial charge in [0.25, 0.3) is 5.91 Å². The molecule has 0 aromatic heterocycles. The summed E-state index contributed by atoms with van der Waals surface area (Å²) in [6.45, 7) is 0.632. The summed E-state index contributed by atoms with van der Waals surface area (Å²) < 4.78 is 6.04. The summed E-state index contributed by atoms with van der Waals surface area (Å²) in [6.07, 6.45) is 2.03. The number of amides is 1. The lowest BCUT2D eigenvalue weighted by Gasteiger charge is -2.07. The number of aromatic hydroxyl groups is 1. The second kappa shape index (κ2) is 7.37. The Hall–Kier alpha value is -0.980. The molecule has 0 aliphatic heterocycles. The molecule has 0 saturated carbocycles. The third-order valence-electron chi connectivity index (χ3n) is 2.30. The molecule has 0 atom stereocenters. The minimum absolute atomic E-state index is 0.0595. The van der Waals surface area contributed by atoms with E-state index in [4.69, 9.17) is 4.74 Å². The van der Waals surface area contributed by atoms with Gasteiger partial charge in [-0.1, -0.05) is 22.6 Å². The van der Waals surface area contributed by atoms with E-state index in [1.165, 1.54) is 13.2 Å². The highest BCUT2D eigenvalue weighted by molar-refractivity contribution is 14.1. The fourth-order valence-corrected chi connectivity index (χ4v) is 1.89. The van der Waals surface area contributed by atoms with Gasteiger partial charge in [-0.2, -0.15) is 0 Å². The van der Waals surface area contributed by atoms with E-state index in [2.05, 4.69) is 27.9 Å². The highest BCUT2D eigenvalue weighted by Gasteiger charge is 2.10. The zero-order valence-electron chi connectivity index (χ0n) is 9.70. The van der Waals surface area contributed by atoms with Gasteiger partial charge in [0.2, 0.25) is 0 Å². The smallest absolute Gasteiger partial charge is 0.255 e. The molecule has 94 valence electrons. The fraction of sp³-hybridized carbons (Fsp3) is 0.417. The van der Waals surface area contributed by atoms with Gasteiger partial charge in [0.15, 0.2) is 0 Å². The van der Waals surface area contributed by atoms with Crippen LogP contribution in [0.3, 0.4) is 0 Å². The number of ether oxygens (including phenoxy) is 1. The van der Waals surface area contributed by atoms with Crippen LogP contribution in [0.2, 0.25) is 0 Å². The molecule has 0 radical (unpaired) electrons. The molecule has 1 aromatic rings. The average molecular weight is 349 g/mol. The van der Waals surface area contributed by atoms with E-state index in [0.29, 0.717) is 12.3 Å². The summed E-state index contributed by atoms with van der Waals surface area (Å²) in [5.74, 6) is 0.221. The number of alkyl halides is 1. The van der Waals surface area contributed by atoms with Gasteiger partial charge in [-0.15, -0.1) is 0 Å². The van der Waals surface area contributed by atoms with Gasteiger partial charge in [0, 0.05) is 12.6 Å². The third kappa shape index (κ3) is 4.41. The number of carbonyl (C=O) groups excluding carboxylic acids is 1. The largest absolute Gasteiger partial charge is 0.507 e. The van der Waals surface area contributed by atoms with E-state index < -0.39 is 0 Å². The van der Waals surface area contributed by atoms with Crippen molar-refractivity contribution in [2.24, 2.45) is 0 Å². The van der Waals surface area contributed by atoms with E-state index in [0.717, 1.165) is 17.3 Å². The SMILES string of the molecule is COc1ccc(C(=O)NCCCCI)c(O)c1. The van der Waals surface area contributed by atoms with Gasteiger partial charge >= 0.3 is 0 Å². The van der Waals surface area contributed by atoms with Crippen LogP contribution in [0.5, 0.6) is 11.5 Å². The number of rotatable bonds is 6. The van der Waals surface area contributed by atoms with E-state index in [-0.39, 0.29) is 17.2 Å². The van der Waals surface area contributed by atoms with Crippen LogP contribution in [0.25, 0.3) is 0 Å². The summed E-state index contributed by atoms with van der Waals surface area (Å²) in [7, 11) is 1.51. The monoisotopic (exact) mass is 349 g/mol. The van der Waals surface area contributed by atoms with Gasteiger partial charge in [-0.05, 0) is 29.4 Å². The van der Waals surface area contributed by atoms with Gasteiger partial charge in [0.1, 0.15) is 11.5 Å². The van der Waals surface area contributed by atoms with Gasteiger partial charge in [-0.25, -0.2) is 0 Å². The molecule has 1 rings (SSSR count). The summed E-state index contributed by atoms with van der Waals surface area (Å²) in [4.78, 5) is 11.7. The molecule has 0 saturated heterocycles. The standard InChI is InChI=1S/C12H16INO3/c1-17-9-4-5-10(11(15)8-9)12(16)14-7-3-2-6-13/h4-5,8,15H,2-3,6-7H2,1H3,(H,14,16). The fourth-order valence-electron chi connectivity index (χ4n) is 1.35. The van der Waals surface area contributed by atoms with Crippen LogP contribution in [0, 0.1) is 0 Å².